The highest BCUT2D eigenvalue weighted by Gasteiger charge is 2.09. The van der Waals surface area contributed by atoms with Crippen LogP contribution in [0.15, 0.2) is 66.9 Å². The van der Waals surface area contributed by atoms with E-state index in [4.69, 9.17) is 16.3 Å². The molecule has 0 saturated heterocycles. The molecule has 2 aromatic carbocycles. The number of pyridine rings is 1. The number of aromatic nitrogens is 1. The Hall–Kier alpha value is -3.05. The lowest BCUT2D eigenvalue weighted by Crippen LogP contribution is -2.14. The zero-order chi connectivity index (χ0) is 19.1. The van der Waals surface area contributed by atoms with Crippen molar-refractivity contribution in [1.29, 1.82) is 0 Å². The number of rotatable bonds is 7. The van der Waals surface area contributed by atoms with Gasteiger partial charge in [0.15, 0.2) is 0 Å². The van der Waals surface area contributed by atoms with Gasteiger partial charge in [0.1, 0.15) is 11.4 Å². The van der Waals surface area contributed by atoms with Gasteiger partial charge in [-0.3, -0.25) is 9.78 Å². The molecule has 138 valence electrons. The minimum atomic E-state index is -0.284. The number of anilines is 2. The summed E-state index contributed by atoms with van der Waals surface area (Å²) in [5.74, 6) is 0.560. The molecule has 0 atom stereocenters. The first kappa shape index (κ1) is 18.7. The van der Waals surface area contributed by atoms with E-state index in [9.17, 15) is 4.79 Å². The van der Waals surface area contributed by atoms with Crippen molar-refractivity contribution in [3.63, 3.8) is 0 Å². The number of nitrogens with zero attached hydrogens (tertiary/aromatic N) is 1. The molecule has 0 spiro atoms. The van der Waals surface area contributed by atoms with Gasteiger partial charge >= 0.3 is 0 Å². The van der Waals surface area contributed by atoms with E-state index in [-0.39, 0.29) is 5.91 Å². The molecule has 27 heavy (non-hydrogen) atoms. The SMILES string of the molecule is COc1cccc(CCNc2ccnc(C(=O)Nc3cccc(Cl)c3)c2)c1. The molecule has 1 amide bonds. The Kier molecular flexibility index (Phi) is 6.28. The minimum Gasteiger partial charge on any atom is -0.497 e. The van der Waals surface area contributed by atoms with Crippen LogP contribution in [-0.4, -0.2) is 24.5 Å². The van der Waals surface area contributed by atoms with Gasteiger partial charge in [-0.25, -0.2) is 0 Å². The molecule has 2 N–H and O–H groups in total. The molecule has 1 heterocycles. The van der Waals surface area contributed by atoms with E-state index in [2.05, 4.69) is 21.7 Å². The Morgan fingerprint density at radius 2 is 1.93 bits per heavy atom. The first-order valence-electron chi connectivity index (χ1n) is 8.54. The Balaban J connectivity index is 1.58. The molecule has 0 bridgehead atoms. The van der Waals surface area contributed by atoms with Crippen LogP contribution in [0.3, 0.4) is 0 Å². The number of carbonyl (C=O) groups is 1. The maximum Gasteiger partial charge on any atom is 0.274 e. The summed E-state index contributed by atoms with van der Waals surface area (Å²) in [5, 5.41) is 6.67. The molecular weight excluding hydrogens is 362 g/mol. The lowest BCUT2D eigenvalue weighted by atomic mass is 10.1. The lowest BCUT2D eigenvalue weighted by molar-refractivity contribution is 0.102. The van der Waals surface area contributed by atoms with E-state index < -0.39 is 0 Å². The minimum absolute atomic E-state index is 0.284. The zero-order valence-electron chi connectivity index (χ0n) is 14.9. The summed E-state index contributed by atoms with van der Waals surface area (Å²) in [6.07, 6.45) is 2.45. The van der Waals surface area contributed by atoms with Crippen molar-refractivity contribution in [2.45, 2.75) is 6.42 Å². The van der Waals surface area contributed by atoms with Crippen LogP contribution >= 0.6 is 11.6 Å². The average molecular weight is 382 g/mol. The van der Waals surface area contributed by atoms with Crippen molar-refractivity contribution in [3.8, 4) is 5.75 Å². The van der Waals surface area contributed by atoms with Crippen LogP contribution < -0.4 is 15.4 Å². The molecule has 3 aromatic rings. The highest BCUT2D eigenvalue weighted by Crippen LogP contribution is 2.17. The largest absolute Gasteiger partial charge is 0.497 e. The van der Waals surface area contributed by atoms with Crippen LogP contribution in [-0.2, 0) is 6.42 Å². The number of carbonyl (C=O) groups excluding carboxylic acids is 1. The van der Waals surface area contributed by atoms with Gasteiger partial charge in [0.25, 0.3) is 5.91 Å². The third-order valence-electron chi connectivity index (χ3n) is 3.95. The predicted molar refractivity (Wildman–Crippen MR) is 109 cm³/mol. The number of halogens is 1. The lowest BCUT2D eigenvalue weighted by Gasteiger charge is -2.09. The Bertz CT molecular complexity index is 931. The van der Waals surface area contributed by atoms with Gasteiger partial charge in [-0.2, -0.15) is 0 Å². The smallest absolute Gasteiger partial charge is 0.274 e. The molecule has 0 aliphatic heterocycles. The second-order valence-corrected chi connectivity index (χ2v) is 6.36. The van der Waals surface area contributed by atoms with Crippen LogP contribution in [0.2, 0.25) is 5.02 Å². The summed E-state index contributed by atoms with van der Waals surface area (Å²) >= 11 is 5.94. The molecule has 5 nitrogen and oxygen atoms in total. The molecular formula is C21H20ClN3O2. The van der Waals surface area contributed by atoms with Gasteiger partial charge in [0.05, 0.1) is 7.11 Å². The highest BCUT2D eigenvalue weighted by molar-refractivity contribution is 6.30. The van der Waals surface area contributed by atoms with Crippen molar-refractivity contribution in [2.75, 3.05) is 24.3 Å². The Morgan fingerprint density at radius 1 is 1.07 bits per heavy atom. The van der Waals surface area contributed by atoms with Gasteiger partial charge in [-0.15, -0.1) is 0 Å². The zero-order valence-corrected chi connectivity index (χ0v) is 15.7. The molecule has 6 heteroatoms. The number of methoxy groups -OCH3 is 1. The highest BCUT2D eigenvalue weighted by atomic mass is 35.5. The molecule has 0 radical (unpaired) electrons. The summed E-state index contributed by atoms with van der Waals surface area (Å²) in [6, 6.07) is 18.5. The summed E-state index contributed by atoms with van der Waals surface area (Å²) < 4.78 is 5.24. The number of hydrogen-bond acceptors (Lipinski definition) is 4. The summed E-state index contributed by atoms with van der Waals surface area (Å²) in [6.45, 7) is 0.729. The number of amides is 1. The average Bonchev–Trinajstić information content (AvgIpc) is 2.68. The monoisotopic (exact) mass is 381 g/mol. The third-order valence-corrected chi connectivity index (χ3v) is 4.19. The van der Waals surface area contributed by atoms with Crippen LogP contribution in [0.1, 0.15) is 16.1 Å². The fourth-order valence-electron chi connectivity index (χ4n) is 2.61. The van der Waals surface area contributed by atoms with E-state index in [0.29, 0.717) is 16.4 Å². The van der Waals surface area contributed by atoms with Crippen molar-refractivity contribution < 1.29 is 9.53 Å². The Labute approximate surface area is 163 Å². The topological polar surface area (TPSA) is 63.2 Å². The van der Waals surface area contributed by atoms with Crippen molar-refractivity contribution in [1.82, 2.24) is 4.98 Å². The van der Waals surface area contributed by atoms with Crippen LogP contribution in [0, 0.1) is 0 Å². The maximum absolute atomic E-state index is 12.4. The molecule has 0 aliphatic rings. The number of ether oxygens (including phenoxy) is 1. The summed E-state index contributed by atoms with van der Waals surface area (Å²) in [5.41, 5.74) is 2.98. The summed E-state index contributed by atoms with van der Waals surface area (Å²) in [7, 11) is 1.66. The first-order chi connectivity index (χ1) is 13.1. The first-order valence-corrected chi connectivity index (χ1v) is 8.91. The third kappa shape index (κ3) is 5.46. The van der Waals surface area contributed by atoms with Crippen LogP contribution in [0.25, 0.3) is 0 Å². The maximum atomic E-state index is 12.4. The Morgan fingerprint density at radius 3 is 2.74 bits per heavy atom. The van der Waals surface area contributed by atoms with E-state index in [1.165, 1.54) is 5.56 Å². The fourth-order valence-corrected chi connectivity index (χ4v) is 2.80. The number of nitrogens with one attached hydrogen (secondary N) is 2. The standard InChI is InChI=1S/C21H20ClN3O2/c1-27-19-7-2-4-15(12-19)8-10-23-17-9-11-24-20(14-17)21(26)25-18-6-3-5-16(22)13-18/h2-7,9,11-14H,8,10H2,1H3,(H,23,24)(H,25,26). The molecule has 3 rings (SSSR count). The molecule has 0 saturated carbocycles. The van der Waals surface area contributed by atoms with Crippen LogP contribution in [0.4, 0.5) is 11.4 Å². The van der Waals surface area contributed by atoms with E-state index in [1.54, 1.807) is 43.6 Å². The van der Waals surface area contributed by atoms with Crippen molar-refractivity contribution >= 4 is 28.9 Å². The van der Waals surface area contributed by atoms with Gasteiger partial charge in [0.2, 0.25) is 0 Å². The van der Waals surface area contributed by atoms with Gasteiger partial charge in [-0.05, 0) is 54.4 Å². The second kappa shape index (κ2) is 9.05. The van der Waals surface area contributed by atoms with Gasteiger partial charge in [0, 0.05) is 29.1 Å². The fraction of sp³-hybridized carbons (Fsp3) is 0.143. The quantitative estimate of drug-likeness (QED) is 0.625. The van der Waals surface area contributed by atoms with Crippen molar-refractivity contribution in [2.24, 2.45) is 0 Å². The predicted octanol–water partition coefficient (Wildman–Crippen LogP) is 4.65. The molecule has 0 unspecified atom stereocenters. The van der Waals surface area contributed by atoms with E-state index >= 15 is 0 Å². The van der Waals surface area contributed by atoms with E-state index in [0.717, 1.165) is 24.4 Å². The van der Waals surface area contributed by atoms with Crippen LogP contribution in [0.5, 0.6) is 5.75 Å². The molecule has 0 aliphatic carbocycles. The summed E-state index contributed by atoms with van der Waals surface area (Å²) in [4.78, 5) is 16.5. The number of benzene rings is 2. The van der Waals surface area contributed by atoms with E-state index in [1.807, 2.05) is 24.3 Å². The molecule has 1 aromatic heterocycles. The van der Waals surface area contributed by atoms with Crippen molar-refractivity contribution in [3.05, 3.63) is 83.1 Å². The number of hydrogen-bond donors (Lipinski definition) is 2. The second-order valence-electron chi connectivity index (χ2n) is 5.92. The normalized spacial score (nSPS) is 10.3. The van der Waals surface area contributed by atoms with Gasteiger partial charge < -0.3 is 15.4 Å². The van der Waals surface area contributed by atoms with Gasteiger partial charge in [-0.1, -0.05) is 29.8 Å². The molecule has 0 fully saturated rings.